The minimum absolute atomic E-state index is 0.485. The molecule has 2 aliphatic rings. The molecule has 1 unspecified atom stereocenters. The fourth-order valence-electron chi connectivity index (χ4n) is 4.76. The van der Waals surface area contributed by atoms with Crippen LogP contribution in [0, 0.1) is 17.2 Å². The van der Waals surface area contributed by atoms with Crippen LogP contribution in [0.5, 0.6) is 0 Å². The Morgan fingerprint density at radius 1 is 1.43 bits per heavy atom. The highest BCUT2D eigenvalue weighted by molar-refractivity contribution is 6.32. The van der Waals surface area contributed by atoms with E-state index in [0.29, 0.717) is 24.3 Å². The average Bonchev–Trinajstić information content (AvgIpc) is 2.86. The molecule has 1 aliphatic heterocycles. The molecule has 1 N–H and O–H groups in total. The van der Waals surface area contributed by atoms with Crippen LogP contribution >= 0.6 is 11.6 Å². The van der Waals surface area contributed by atoms with E-state index in [0.717, 1.165) is 43.0 Å². The molecule has 0 saturated carbocycles. The predicted molar refractivity (Wildman–Crippen MR) is 93.7 cm³/mol. The third-order valence-corrected chi connectivity index (χ3v) is 5.95. The van der Waals surface area contributed by atoms with Gasteiger partial charge in [-0.3, -0.25) is 4.90 Å². The first-order chi connectivity index (χ1) is 11.2. The van der Waals surface area contributed by atoms with E-state index in [1.54, 1.807) is 0 Å². The Hall–Kier alpha value is -1.50. The summed E-state index contributed by atoms with van der Waals surface area (Å²) in [6, 6.07) is 9.44. The van der Waals surface area contributed by atoms with Crippen molar-refractivity contribution in [1.29, 1.82) is 5.26 Å². The maximum atomic E-state index is 9.15. The van der Waals surface area contributed by atoms with Crippen molar-refractivity contribution in [1.82, 2.24) is 9.88 Å². The number of hydrogen-bond donors (Lipinski definition) is 1. The lowest BCUT2D eigenvalue weighted by atomic mass is 9.71. The molecule has 0 bridgehead atoms. The molecule has 1 aromatic heterocycles. The lowest BCUT2D eigenvalue weighted by Gasteiger charge is -2.47. The van der Waals surface area contributed by atoms with Gasteiger partial charge in [0, 0.05) is 35.8 Å². The van der Waals surface area contributed by atoms with Gasteiger partial charge in [-0.1, -0.05) is 30.7 Å². The number of aromatic nitrogens is 1. The largest absolute Gasteiger partial charge is 0.345 e. The molecule has 0 amide bonds. The number of H-pyrrole nitrogens is 1. The fourth-order valence-corrected chi connectivity index (χ4v) is 5.04. The van der Waals surface area contributed by atoms with Gasteiger partial charge in [0.25, 0.3) is 0 Å². The number of halogens is 1. The van der Waals surface area contributed by atoms with Crippen LogP contribution in [0.1, 0.15) is 43.2 Å². The molecule has 4 heteroatoms. The Labute approximate surface area is 142 Å². The number of benzene rings is 1. The number of nitriles is 1. The van der Waals surface area contributed by atoms with Crippen LogP contribution < -0.4 is 0 Å². The molecule has 1 aliphatic carbocycles. The number of aromatic amines is 1. The molecule has 1 fully saturated rings. The molecule has 2 aromatic rings. The summed E-state index contributed by atoms with van der Waals surface area (Å²) in [6.45, 7) is 4.40. The minimum atomic E-state index is 0.485. The van der Waals surface area contributed by atoms with Gasteiger partial charge in [0.1, 0.15) is 5.15 Å². The number of hydrogen-bond acceptors (Lipinski definition) is 2. The molecule has 23 heavy (non-hydrogen) atoms. The number of piperidine rings is 1. The monoisotopic (exact) mass is 327 g/mol. The summed E-state index contributed by atoms with van der Waals surface area (Å²) in [5.41, 5.74) is 3.88. The van der Waals surface area contributed by atoms with Crippen LogP contribution in [0.3, 0.4) is 0 Å². The number of rotatable bonds is 3. The van der Waals surface area contributed by atoms with Gasteiger partial charge in [0.05, 0.1) is 6.07 Å². The van der Waals surface area contributed by atoms with Crippen molar-refractivity contribution in [3.63, 3.8) is 0 Å². The summed E-state index contributed by atoms with van der Waals surface area (Å²) in [5.74, 6) is 1.01. The highest BCUT2D eigenvalue weighted by Gasteiger charge is 2.41. The van der Waals surface area contributed by atoms with Crippen LogP contribution in [-0.2, 0) is 6.42 Å². The number of likely N-dealkylation sites (tertiary alicyclic amines) is 1. The second-order valence-corrected chi connectivity index (χ2v) is 7.40. The molecule has 1 aromatic carbocycles. The van der Waals surface area contributed by atoms with Gasteiger partial charge in [-0.25, -0.2) is 0 Å². The van der Waals surface area contributed by atoms with E-state index in [9.17, 15) is 0 Å². The van der Waals surface area contributed by atoms with Gasteiger partial charge in [-0.2, -0.15) is 5.26 Å². The fraction of sp³-hybridized carbons (Fsp3) is 0.526. The maximum absolute atomic E-state index is 9.15. The predicted octanol–water partition coefficient (Wildman–Crippen LogP) is 4.48. The van der Waals surface area contributed by atoms with Gasteiger partial charge in [0.15, 0.2) is 0 Å². The van der Waals surface area contributed by atoms with Crippen molar-refractivity contribution in [3.8, 4) is 6.07 Å². The number of nitrogens with zero attached hydrogens (tertiary/aromatic N) is 2. The van der Waals surface area contributed by atoms with Crippen molar-refractivity contribution in [2.24, 2.45) is 5.92 Å². The van der Waals surface area contributed by atoms with Gasteiger partial charge in [0.2, 0.25) is 0 Å². The van der Waals surface area contributed by atoms with E-state index in [4.69, 9.17) is 16.9 Å². The Bertz CT molecular complexity index is 773. The van der Waals surface area contributed by atoms with Crippen LogP contribution in [0.15, 0.2) is 18.2 Å². The third-order valence-electron chi connectivity index (χ3n) is 5.62. The first-order valence-electron chi connectivity index (χ1n) is 8.62. The Morgan fingerprint density at radius 2 is 2.30 bits per heavy atom. The Morgan fingerprint density at radius 3 is 3.09 bits per heavy atom. The topological polar surface area (TPSA) is 42.8 Å². The third kappa shape index (κ3) is 2.36. The molecule has 2 heterocycles. The summed E-state index contributed by atoms with van der Waals surface area (Å²) in [6.07, 6.45) is 3.97. The van der Waals surface area contributed by atoms with Crippen molar-refractivity contribution < 1.29 is 0 Å². The van der Waals surface area contributed by atoms with E-state index in [1.807, 2.05) is 0 Å². The molecular weight excluding hydrogens is 306 g/mol. The van der Waals surface area contributed by atoms with E-state index in [-0.39, 0.29) is 0 Å². The molecule has 0 radical (unpaired) electrons. The molecule has 4 rings (SSSR count). The van der Waals surface area contributed by atoms with Crippen LogP contribution in [0.2, 0.25) is 5.15 Å². The molecule has 0 spiro atoms. The van der Waals surface area contributed by atoms with Gasteiger partial charge in [-0.15, -0.1) is 0 Å². The zero-order valence-corrected chi connectivity index (χ0v) is 14.2. The Balaban J connectivity index is 1.81. The second kappa shape index (κ2) is 5.85. The maximum Gasteiger partial charge on any atom is 0.110 e. The number of fused-ring (bicyclic) bond motifs is 2. The first-order valence-corrected chi connectivity index (χ1v) is 9.00. The van der Waals surface area contributed by atoms with Crippen LogP contribution in [0.4, 0.5) is 0 Å². The van der Waals surface area contributed by atoms with Gasteiger partial charge in [-0.05, 0) is 48.9 Å². The van der Waals surface area contributed by atoms with Crippen molar-refractivity contribution in [2.75, 3.05) is 13.1 Å². The summed E-state index contributed by atoms with van der Waals surface area (Å²) in [5, 5.41) is 11.3. The summed E-state index contributed by atoms with van der Waals surface area (Å²) in [4.78, 5) is 5.96. The SMILES string of the molecule is CCCN1CC(CC#N)C[C@@H]2c3cccc4[nH]c(Cl)c(c34)C[C@H]21. The summed E-state index contributed by atoms with van der Waals surface area (Å²) >= 11 is 6.49. The molecular formula is C19H22ClN3. The van der Waals surface area contributed by atoms with Crippen molar-refractivity contribution >= 4 is 22.5 Å². The molecule has 3 nitrogen and oxygen atoms in total. The highest BCUT2D eigenvalue weighted by Crippen LogP contribution is 2.46. The summed E-state index contributed by atoms with van der Waals surface area (Å²) < 4.78 is 0. The quantitative estimate of drug-likeness (QED) is 0.903. The van der Waals surface area contributed by atoms with Gasteiger partial charge >= 0.3 is 0 Å². The van der Waals surface area contributed by atoms with Crippen LogP contribution in [0.25, 0.3) is 10.9 Å². The van der Waals surface area contributed by atoms with E-state index in [1.165, 1.54) is 16.5 Å². The molecule has 1 saturated heterocycles. The smallest absolute Gasteiger partial charge is 0.110 e. The molecule has 3 atom stereocenters. The van der Waals surface area contributed by atoms with E-state index in [2.05, 4.69) is 41.1 Å². The lowest BCUT2D eigenvalue weighted by Crippen LogP contribution is -2.50. The van der Waals surface area contributed by atoms with E-state index < -0.39 is 0 Å². The Kier molecular flexibility index (Phi) is 3.83. The zero-order chi connectivity index (χ0) is 16.0. The minimum Gasteiger partial charge on any atom is -0.345 e. The second-order valence-electron chi connectivity index (χ2n) is 7.02. The van der Waals surface area contributed by atoms with Crippen molar-refractivity contribution in [3.05, 3.63) is 34.5 Å². The van der Waals surface area contributed by atoms with Crippen LogP contribution in [-0.4, -0.2) is 29.0 Å². The highest BCUT2D eigenvalue weighted by atomic mass is 35.5. The van der Waals surface area contributed by atoms with Crippen molar-refractivity contribution in [2.45, 2.75) is 44.6 Å². The van der Waals surface area contributed by atoms with E-state index >= 15 is 0 Å². The lowest BCUT2D eigenvalue weighted by molar-refractivity contribution is 0.0861. The normalized spacial score (nSPS) is 26.9. The zero-order valence-electron chi connectivity index (χ0n) is 13.5. The van der Waals surface area contributed by atoms with Gasteiger partial charge < -0.3 is 4.98 Å². The summed E-state index contributed by atoms with van der Waals surface area (Å²) in [7, 11) is 0. The average molecular weight is 328 g/mol. The first kappa shape index (κ1) is 15.1. The standard InChI is InChI=1S/C19H22ClN3/c1-2-8-23-11-12(6-7-21)9-14-13-4-3-5-16-18(13)15(10-17(14)23)19(20)22-16/h3-5,12,14,17,22H,2,6,8-11H2,1H3/t12?,14-,17-/m1/s1. The molecule has 120 valence electrons. The number of nitrogens with one attached hydrogen (secondary N) is 1.